The van der Waals surface area contributed by atoms with Gasteiger partial charge in [-0.15, -0.1) is 11.3 Å². The Morgan fingerprint density at radius 1 is 1.26 bits per heavy atom. The van der Waals surface area contributed by atoms with Crippen LogP contribution in [-0.4, -0.2) is 26.7 Å². The van der Waals surface area contributed by atoms with Gasteiger partial charge in [-0.05, 0) is 37.1 Å². The summed E-state index contributed by atoms with van der Waals surface area (Å²) in [6.07, 6.45) is 1.70. The summed E-state index contributed by atoms with van der Waals surface area (Å²) in [5.41, 5.74) is -0.436. The Bertz CT molecular complexity index is 1010. The number of benzene rings is 1. The van der Waals surface area contributed by atoms with Gasteiger partial charge in [-0.25, -0.2) is 8.42 Å². The van der Waals surface area contributed by atoms with Crippen molar-refractivity contribution < 1.29 is 18.0 Å². The molecule has 0 spiro atoms. The van der Waals surface area contributed by atoms with Crippen LogP contribution in [0.2, 0.25) is 4.34 Å². The van der Waals surface area contributed by atoms with E-state index in [1.165, 1.54) is 24.3 Å². The van der Waals surface area contributed by atoms with Crippen LogP contribution in [0.15, 0.2) is 41.8 Å². The fourth-order valence-corrected chi connectivity index (χ4v) is 5.14. The number of halogens is 1. The smallest absolute Gasteiger partial charge is 0.245 e. The van der Waals surface area contributed by atoms with E-state index in [-0.39, 0.29) is 12.2 Å². The number of thiophene rings is 1. The van der Waals surface area contributed by atoms with E-state index in [0.717, 1.165) is 5.41 Å². The number of hydrogen-bond acceptors (Lipinski definition) is 5. The Labute approximate surface area is 166 Å². The summed E-state index contributed by atoms with van der Waals surface area (Å²) in [5, 5.41) is 3.69. The van der Waals surface area contributed by atoms with E-state index in [1.54, 1.807) is 36.4 Å². The molecule has 1 atom stereocenters. The maximum atomic E-state index is 12.6. The molecule has 6 nitrogen and oxygen atoms in total. The lowest BCUT2D eigenvalue weighted by Crippen LogP contribution is -2.50. The van der Waals surface area contributed by atoms with Gasteiger partial charge in [0.25, 0.3) is 0 Å². The summed E-state index contributed by atoms with van der Waals surface area (Å²) < 4.78 is 28.3. The van der Waals surface area contributed by atoms with Crippen LogP contribution in [0, 0.1) is 0 Å². The molecule has 1 aliphatic heterocycles. The van der Waals surface area contributed by atoms with Crippen LogP contribution in [-0.2, 0) is 20.4 Å². The molecule has 0 aliphatic carbocycles. The van der Waals surface area contributed by atoms with Crippen molar-refractivity contribution in [1.82, 2.24) is 10.0 Å². The van der Waals surface area contributed by atoms with Gasteiger partial charge in [0, 0.05) is 22.4 Å². The first-order valence-electron chi connectivity index (χ1n) is 8.09. The van der Waals surface area contributed by atoms with Gasteiger partial charge >= 0.3 is 0 Å². The number of amides is 1. The predicted octanol–water partition coefficient (Wildman–Crippen LogP) is 2.91. The monoisotopic (exact) mass is 424 g/mol. The van der Waals surface area contributed by atoms with Gasteiger partial charge in [0.2, 0.25) is 15.9 Å². The quantitative estimate of drug-likeness (QED) is 0.697. The number of rotatable bonds is 6. The average Bonchev–Trinajstić information content (AvgIpc) is 3.19. The molecule has 1 aliphatic rings. The molecule has 2 heterocycles. The molecule has 9 heteroatoms. The van der Waals surface area contributed by atoms with Gasteiger partial charge in [0.15, 0.2) is 5.78 Å². The van der Waals surface area contributed by atoms with Crippen molar-refractivity contribution in [3.8, 4) is 0 Å². The fourth-order valence-electron chi connectivity index (χ4n) is 2.90. The summed E-state index contributed by atoms with van der Waals surface area (Å²) in [6, 6.07) is 9.76. The van der Waals surface area contributed by atoms with Crippen LogP contribution in [0.1, 0.15) is 34.1 Å². The number of nitrogens with one attached hydrogen (secondary N) is 2. The van der Waals surface area contributed by atoms with Crippen molar-refractivity contribution in [3.05, 3.63) is 62.1 Å². The zero-order valence-electron chi connectivity index (χ0n) is 14.4. The largest absolute Gasteiger partial charge is 0.354 e. The minimum Gasteiger partial charge on any atom is -0.354 e. The summed E-state index contributed by atoms with van der Waals surface area (Å²) in [7, 11) is -3.91. The third-order valence-corrected chi connectivity index (χ3v) is 6.60. The van der Waals surface area contributed by atoms with Crippen LogP contribution in [0.4, 0.5) is 0 Å². The standard InChI is InChI=1S/C18H17ClN2O4S2/c1-12(22)13-2-4-14(5-3-13)18(9-10-20-17(18)23)21-27(24,25)11-8-15-6-7-16(19)26-15/h2-8,11,21H,9-10H2,1H3,(H,20,23)/b11-8+/t18-/m0/s1. The highest BCUT2D eigenvalue weighted by atomic mass is 35.5. The lowest BCUT2D eigenvalue weighted by molar-refractivity contribution is -0.124. The van der Waals surface area contributed by atoms with E-state index >= 15 is 0 Å². The lowest BCUT2D eigenvalue weighted by Gasteiger charge is -2.27. The molecule has 142 valence electrons. The molecule has 1 aromatic carbocycles. The molecule has 2 aromatic rings. The summed E-state index contributed by atoms with van der Waals surface area (Å²) in [5.74, 6) is -0.529. The molecule has 1 amide bonds. The number of sulfonamides is 1. The molecule has 1 aromatic heterocycles. The minimum absolute atomic E-state index is 0.107. The molecule has 0 bridgehead atoms. The Morgan fingerprint density at radius 2 is 1.96 bits per heavy atom. The van der Waals surface area contributed by atoms with Crippen LogP contribution < -0.4 is 10.0 Å². The van der Waals surface area contributed by atoms with Crippen LogP contribution in [0.5, 0.6) is 0 Å². The number of carbonyl (C=O) groups is 2. The normalized spacial score (nSPS) is 20.1. The van der Waals surface area contributed by atoms with Crippen molar-refractivity contribution in [2.75, 3.05) is 6.54 Å². The van der Waals surface area contributed by atoms with Crippen molar-refractivity contribution in [2.45, 2.75) is 18.9 Å². The Kier molecular flexibility index (Phi) is 5.53. The van der Waals surface area contributed by atoms with E-state index in [9.17, 15) is 18.0 Å². The van der Waals surface area contributed by atoms with Gasteiger partial charge in [-0.1, -0.05) is 35.9 Å². The molecular weight excluding hydrogens is 408 g/mol. The number of ketones is 1. The van der Waals surface area contributed by atoms with E-state index < -0.39 is 21.5 Å². The number of Topliss-reactive ketones (excluding diaryl/α,β-unsaturated/α-hetero) is 1. The minimum atomic E-state index is -3.91. The zero-order valence-corrected chi connectivity index (χ0v) is 16.7. The van der Waals surface area contributed by atoms with Crippen LogP contribution in [0.3, 0.4) is 0 Å². The maximum absolute atomic E-state index is 12.6. The van der Waals surface area contributed by atoms with Crippen molar-refractivity contribution in [3.63, 3.8) is 0 Å². The zero-order chi connectivity index (χ0) is 19.7. The molecule has 2 N–H and O–H groups in total. The van der Waals surface area contributed by atoms with E-state index in [2.05, 4.69) is 10.0 Å². The number of carbonyl (C=O) groups excluding carboxylic acids is 2. The van der Waals surface area contributed by atoms with E-state index in [4.69, 9.17) is 11.6 Å². The van der Waals surface area contributed by atoms with E-state index in [0.29, 0.717) is 26.9 Å². The van der Waals surface area contributed by atoms with Crippen molar-refractivity contribution in [2.24, 2.45) is 0 Å². The van der Waals surface area contributed by atoms with Gasteiger partial charge < -0.3 is 5.32 Å². The van der Waals surface area contributed by atoms with Gasteiger partial charge in [-0.2, -0.15) is 4.72 Å². The molecule has 27 heavy (non-hydrogen) atoms. The summed E-state index contributed by atoms with van der Waals surface area (Å²) in [6.45, 7) is 1.79. The molecule has 3 rings (SSSR count). The molecule has 1 saturated heterocycles. The summed E-state index contributed by atoms with van der Waals surface area (Å²) >= 11 is 7.09. The average molecular weight is 425 g/mol. The predicted molar refractivity (Wildman–Crippen MR) is 106 cm³/mol. The molecule has 0 radical (unpaired) electrons. The molecule has 0 saturated carbocycles. The highest BCUT2D eigenvalue weighted by molar-refractivity contribution is 7.92. The Balaban J connectivity index is 1.92. The van der Waals surface area contributed by atoms with Gasteiger partial charge in [0.1, 0.15) is 5.54 Å². The Hall–Kier alpha value is -2.00. The maximum Gasteiger partial charge on any atom is 0.245 e. The highest BCUT2D eigenvalue weighted by Gasteiger charge is 2.46. The first kappa shape index (κ1) is 19.8. The SMILES string of the molecule is CC(=O)c1ccc([C@@]2(NS(=O)(=O)/C=C/c3ccc(Cl)s3)CCNC2=O)cc1. The first-order valence-corrected chi connectivity index (χ1v) is 10.8. The third-order valence-electron chi connectivity index (χ3n) is 4.28. The Morgan fingerprint density at radius 3 is 2.48 bits per heavy atom. The second-order valence-electron chi connectivity index (χ2n) is 6.14. The number of hydrogen-bond donors (Lipinski definition) is 2. The lowest BCUT2D eigenvalue weighted by atomic mass is 9.88. The van der Waals surface area contributed by atoms with Gasteiger partial charge in [-0.3, -0.25) is 9.59 Å². The van der Waals surface area contributed by atoms with Crippen LogP contribution in [0.25, 0.3) is 6.08 Å². The first-order chi connectivity index (χ1) is 12.7. The van der Waals surface area contributed by atoms with Crippen molar-refractivity contribution >= 4 is 50.7 Å². The molecule has 1 fully saturated rings. The van der Waals surface area contributed by atoms with Crippen molar-refractivity contribution in [1.29, 1.82) is 0 Å². The second-order valence-corrected chi connectivity index (χ2v) is 9.45. The fraction of sp³-hybridized carbons (Fsp3) is 0.222. The molecule has 0 unspecified atom stereocenters. The summed E-state index contributed by atoms with van der Waals surface area (Å²) in [4.78, 5) is 24.7. The van der Waals surface area contributed by atoms with Gasteiger partial charge in [0.05, 0.1) is 4.34 Å². The third kappa shape index (κ3) is 4.30. The van der Waals surface area contributed by atoms with E-state index in [1.807, 2.05) is 0 Å². The molecular formula is C18H17ClN2O4S2. The second kappa shape index (κ2) is 7.55. The topological polar surface area (TPSA) is 92.3 Å². The highest BCUT2D eigenvalue weighted by Crippen LogP contribution is 2.31. The van der Waals surface area contributed by atoms with Crippen LogP contribution >= 0.6 is 22.9 Å².